The lowest BCUT2D eigenvalue weighted by Crippen LogP contribution is -2.55. The predicted molar refractivity (Wildman–Crippen MR) is 116 cm³/mol. The van der Waals surface area contributed by atoms with Crippen LogP contribution in [0.25, 0.3) is 0 Å². The molecule has 5 heteroatoms. The molecule has 0 radical (unpaired) electrons. The smallest absolute Gasteiger partial charge is 0.311 e. The lowest BCUT2D eigenvalue weighted by molar-refractivity contribution is -0.159. The molecule has 0 N–H and O–H groups in total. The summed E-state index contributed by atoms with van der Waals surface area (Å²) in [5, 5.41) is 0. The number of hydrogen-bond acceptors (Lipinski definition) is 5. The molecule has 6 atom stereocenters. The van der Waals surface area contributed by atoms with E-state index >= 15 is 0 Å². The highest BCUT2D eigenvalue weighted by atomic mass is 16.5. The fraction of sp³-hybridized carbons (Fsp3) is 0.769. The normalized spacial score (nSPS) is 39.8. The Morgan fingerprint density at radius 2 is 1.81 bits per heavy atom. The Kier molecular flexibility index (Phi) is 5.34. The summed E-state index contributed by atoms with van der Waals surface area (Å²) >= 11 is 0. The third kappa shape index (κ3) is 3.52. The summed E-state index contributed by atoms with van der Waals surface area (Å²) < 4.78 is 5.32. The first-order valence-electron chi connectivity index (χ1n) is 11.8. The number of rotatable bonds is 3. The number of esters is 1. The summed E-state index contributed by atoms with van der Waals surface area (Å²) in [7, 11) is 0. The van der Waals surface area contributed by atoms with E-state index in [0.29, 0.717) is 18.8 Å². The molecule has 4 aliphatic carbocycles. The van der Waals surface area contributed by atoms with Crippen LogP contribution in [-0.2, 0) is 23.9 Å². The van der Waals surface area contributed by atoms with Crippen molar-refractivity contribution in [2.24, 2.45) is 39.9 Å². The summed E-state index contributed by atoms with van der Waals surface area (Å²) in [5.41, 5.74) is -0.0345. The van der Waals surface area contributed by atoms with Crippen LogP contribution in [0.3, 0.4) is 0 Å². The van der Waals surface area contributed by atoms with E-state index in [1.165, 1.54) is 5.57 Å². The minimum atomic E-state index is -0.638. The maximum atomic E-state index is 13.6. The van der Waals surface area contributed by atoms with Crippen molar-refractivity contribution in [2.75, 3.05) is 6.61 Å². The number of ketones is 3. The van der Waals surface area contributed by atoms with Gasteiger partial charge in [0.25, 0.3) is 0 Å². The van der Waals surface area contributed by atoms with Crippen molar-refractivity contribution in [3.05, 3.63) is 11.6 Å². The summed E-state index contributed by atoms with van der Waals surface area (Å²) in [4.78, 5) is 50.8. The van der Waals surface area contributed by atoms with Gasteiger partial charge < -0.3 is 4.74 Å². The van der Waals surface area contributed by atoms with Crippen LogP contribution in [-0.4, -0.2) is 29.9 Å². The van der Waals surface area contributed by atoms with E-state index in [4.69, 9.17) is 4.74 Å². The molecule has 0 aromatic carbocycles. The van der Waals surface area contributed by atoms with Gasteiger partial charge in [0.2, 0.25) is 0 Å². The third-order valence-corrected chi connectivity index (χ3v) is 9.00. The first-order chi connectivity index (χ1) is 14.4. The van der Waals surface area contributed by atoms with E-state index in [0.717, 1.165) is 32.1 Å². The van der Waals surface area contributed by atoms with E-state index in [-0.39, 0.29) is 58.5 Å². The SMILES string of the molecule is CC(C)(C)C(=O)OCC(=O)[C@H]1CC[C@H]2[C@@H]3CCC4=CC(=O)CC[C@]4(C)[C@H]3C(=O)C[C@]12C. The van der Waals surface area contributed by atoms with Gasteiger partial charge in [0.15, 0.2) is 11.6 Å². The van der Waals surface area contributed by atoms with Crippen LogP contribution in [0.4, 0.5) is 0 Å². The zero-order chi connectivity index (χ0) is 22.8. The highest BCUT2D eigenvalue weighted by Gasteiger charge is 2.63. The molecule has 170 valence electrons. The number of Topliss-reactive ketones (excluding diaryl/α,β-unsaturated/α-hetero) is 2. The van der Waals surface area contributed by atoms with Gasteiger partial charge in [0.1, 0.15) is 12.4 Å². The van der Waals surface area contributed by atoms with Gasteiger partial charge in [-0.25, -0.2) is 0 Å². The second kappa shape index (κ2) is 7.38. The van der Waals surface area contributed by atoms with Crippen LogP contribution in [0.15, 0.2) is 11.6 Å². The second-order valence-electron chi connectivity index (χ2n) is 11.9. The zero-order valence-electron chi connectivity index (χ0n) is 19.6. The van der Waals surface area contributed by atoms with E-state index < -0.39 is 5.41 Å². The van der Waals surface area contributed by atoms with Crippen molar-refractivity contribution in [1.82, 2.24) is 0 Å². The first kappa shape index (κ1) is 22.4. The van der Waals surface area contributed by atoms with Crippen molar-refractivity contribution in [3.63, 3.8) is 0 Å². The van der Waals surface area contributed by atoms with Gasteiger partial charge in [0, 0.05) is 24.7 Å². The molecule has 0 saturated heterocycles. The predicted octanol–water partition coefficient (Wildman–Crippen LogP) is 4.47. The van der Waals surface area contributed by atoms with E-state index in [1.54, 1.807) is 20.8 Å². The van der Waals surface area contributed by atoms with Gasteiger partial charge in [-0.05, 0) is 81.6 Å². The summed E-state index contributed by atoms with van der Waals surface area (Å²) in [5.74, 6) is 0.383. The summed E-state index contributed by atoms with van der Waals surface area (Å²) in [6.45, 7) is 9.43. The van der Waals surface area contributed by atoms with Crippen molar-refractivity contribution in [2.45, 2.75) is 79.6 Å². The standard InChI is InChI=1S/C26H36O5/c1-24(2,3)23(30)31-14-21(29)19-9-8-18-17-7-6-15-12-16(27)10-11-25(15,4)22(17)20(28)13-26(18,19)5/h12,17-19,22H,6-11,13-14H2,1-5H3/t17-,18-,19+,22+,25-,26-/m0/s1. The Hall–Kier alpha value is -1.78. The topological polar surface area (TPSA) is 77.5 Å². The largest absolute Gasteiger partial charge is 0.457 e. The van der Waals surface area contributed by atoms with E-state index in [2.05, 4.69) is 13.8 Å². The van der Waals surface area contributed by atoms with Gasteiger partial charge in [0.05, 0.1) is 5.41 Å². The zero-order valence-corrected chi connectivity index (χ0v) is 19.6. The van der Waals surface area contributed by atoms with Gasteiger partial charge in [-0.3, -0.25) is 19.2 Å². The van der Waals surface area contributed by atoms with Gasteiger partial charge in [-0.15, -0.1) is 0 Å². The van der Waals surface area contributed by atoms with E-state index in [1.807, 2.05) is 6.08 Å². The number of ether oxygens (including phenoxy) is 1. The number of carbonyl (C=O) groups excluding carboxylic acids is 4. The number of carbonyl (C=O) groups is 4. The highest BCUT2D eigenvalue weighted by Crippen LogP contribution is 2.65. The molecule has 0 heterocycles. The Morgan fingerprint density at radius 1 is 1.10 bits per heavy atom. The first-order valence-corrected chi connectivity index (χ1v) is 11.8. The van der Waals surface area contributed by atoms with Crippen LogP contribution in [0, 0.1) is 39.9 Å². The molecule has 31 heavy (non-hydrogen) atoms. The van der Waals surface area contributed by atoms with Crippen molar-refractivity contribution in [3.8, 4) is 0 Å². The number of fused-ring (bicyclic) bond motifs is 5. The van der Waals surface area contributed by atoms with Crippen molar-refractivity contribution >= 4 is 23.3 Å². The van der Waals surface area contributed by atoms with Crippen LogP contribution >= 0.6 is 0 Å². The average molecular weight is 429 g/mol. The maximum Gasteiger partial charge on any atom is 0.311 e. The van der Waals surface area contributed by atoms with Crippen molar-refractivity contribution in [1.29, 1.82) is 0 Å². The minimum absolute atomic E-state index is 0.0359. The molecule has 4 aliphatic rings. The number of allylic oxidation sites excluding steroid dienone is 1. The molecule has 3 saturated carbocycles. The number of hydrogen-bond donors (Lipinski definition) is 0. The van der Waals surface area contributed by atoms with Crippen LogP contribution < -0.4 is 0 Å². The Balaban J connectivity index is 1.55. The van der Waals surface area contributed by atoms with Crippen molar-refractivity contribution < 1.29 is 23.9 Å². The molecule has 0 unspecified atom stereocenters. The second-order valence-corrected chi connectivity index (χ2v) is 11.9. The van der Waals surface area contributed by atoms with Crippen LogP contribution in [0.5, 0.6) is 0 Å². The fourth-order valence-corrected chi connectivity index (χ4v) is 7.37. The molecule has 0 spiro atoms. The molecule has 0 aromatic heterocycles. The van der Waals surface area contributed by atoms with Gasteiger partial charge in [-0.2, -0.15) is 0 Å². The Labute approximate surface area is 185 Å². The molecule has 0 aromatic rings. The third-order valence-electron chi connectivity index (χ3n) is 9.00. The molecule has 0 bridgehead atoms. The molecule has 0 aliphatic heterocycles. The fourth-order valence-electron chi connectivity index (χ4n) is 7.37. The molecule has 4 rings (SSSR count). The Bertz CT molecular complexity index is 862. The van der Waals surface area contributed by atoms with Gasteiger partial charge >= 0.3 is 5.97 Å². The quantitative estimate of drug-likeness (QED) is 0.620. The van der Waals surface area contributed by atoms with Crippen LogP contribution in [0.2, 0.25) is 0 Å². The summed E-state index contributed by atoms with van der Waals surface area (Å²) in [6.07, 6.45) is 7.03. The monoisotopic (exact) mass is 428 g/mol. The molecule has 3 fully saturated rings. The molecule has 5 nitrogen and oxygen atoms in total. The van der Waals surface area contributed by atoms with Gasteiger partial charge in [-0.1, -0.05) is 19.4 Å². The average Bonchev–Trinajstić information content (AvgIpc) is 3.01. The molecule has 0 amide bonds. The molecular weight excluding hydrogens is 392 g/mol. The maximum absolute atomic E-state index is 13.6. The highest BCUT2D eigenvalue weighted by molar-refractivity contribution is 5.93. The van der Waals surface area contributed by atoms with Crippen LogP contribution in [0.1, 0.15) is 79.6 Å². The Morgan fingerprint density at radius 3 is 2.48 bits per heavy atom. The summed E-state index contributed by atoms with van der Waals surface area (Å²) in [6, 6.07) is 0. The molecular formula is C26H36O5. The minimum Gasteiger partial charge on any atom is -0.457 e. The lowest BCUT2D eigenvalue weighted by Gasteiger charge is -2.56. The lowest BCUT2D eigenvalue weighted by atomic mass is 9.46. The van der Waals surface area contributed by atoms with E-state index in [9.17, 15) is 19.2 Å².